The third kappa shape index (κ3) is 4.74. The van der Waals surface area contributed by atoms with Gasteiger partial charge in [0.1, 0.15) is 5.82 Å². The fraction of sp³-hybridized carbons (Fsp3) is 0.412. The summed E-state index contributed by atoms with van der Waals surface area (Å²) in [5, 5.41) is 24.1. The zero-order chi connectivity index (χ0) is 21.7. The van der Waals surface area contributed by atoms with E-state index in [4.69, 9.17) is 10.1 Å². The van der Waals surface area contributed by atoms with Gasteiger partial charge in [0.05, 0.1) is 5.56 Å². The van der Waals surface area contributed by atoms with E-state index in [-0.39, 0.29) is 28.2 Å². The molecule has 0 radical (unpaired) electrons. The highest BCUT2D eigenvalue weighted by atomic mass is 32.2. The van der Waals surface area contributed by atoms with Crippen LogP contribution in [0.3, 0.4) is 0 Å². The third-order valence-corrected chi connectivity index (χ3v) is 5.40. The minimum atomic E-state index is -2.98. The number of nitrogens with one attached hydrogen (secondary N) is 4. The summed E-state index contributed by atoms with van der Waals surface area (Å²) in [5.41, 5.74) is -1.46. The lowest BCUT2D eigenvalue weighted by Gasteiger charge is -2.39. The molecule has 0 unspecified atom stereocenters. The van der Waals surface area contributed by atoms with Crippen molar-refractivity contribution >= 4 is 29.2 Å². The maximum atomic E-state index is 13.4. The zero-order valence-corrected chi connectivity index (χ0v) is 16.6. The molecule has 2 heterocycles. The Bertz CT molecular complexity index is 916. The number of hydrogen-bond donors (Lipinski definition) is 4. The molecule has 1 saturated heterocycles. The first-order valence-corrected chi connectivity index (χ1v) is 9.78. The van der Waals surface area contributed by atoms with Crippen molar-refractivity contribution in [1.82, 2.24) is 20.9 Å². The second-order valence-corrected chi connectivity index (χ2v) is 7.44. The van der Waals surface area contributed by atoms with Crippen molar-refractivity contribution in [3.8, 4) is 0 Å². The van der Waals surface area contributed by atoms with Gasteiger partial charge in [-0.25, -0.2) is 17.8 Å². The fourth-order valence-corrected chi connectivity index (χ4v) is 3.40. The van der Waals surface area contributed by atoms with E-state index in [0.717, 1.165) is 12.1 Å². The van der Waals surface area contributed by atoms with Gasteiger partial charge in [0.15, 0.2) is 22.2 Å². The van der Waals surface area contributed by atoms with E-state index in [9.17, 15) is 18.0 Å². The lowest BCUT2D eigenvalue weighted by molar-refractivity contribution is -0.149. The second kappa shape index (κ2) is 9.45. The van der Waals surface area contributed by atoms with E-state index in [2.05, 4.69) is 30.9 Å². The third-order valence-electron chi connectivity index (χ3n) is 4.45. The largest absolute Gasteiger partial charge is 0.366 e. The average Bonchev–Trinajstić information content (AvgIpc) is 3.15. The number of carbonyl (C=O) groups is 1. The Morgan fingerprint density at radius 2 is 2.20 bits per heavy atom. The van der Waals surface area contributed by atoms with Crippen LogP contribution in [0.4, 0.5) is 18.9 Å². The minimum Gasteiger partial charge on any atom is -0.366 e. The van der Waals surface area contributed by atoms with Crippen LogP contribution in [0.2, 0.25) is 0 Å². The predicted octanol–water partition coefficient (Wildman–Crippen LogP) is 1.78. The van der Waals surface area contributed by atoms with Gasteiger partial charge in [-0.15, -0.1) is 0 Å². The summed E-state index contributed by atoms with van der Waals surface area (Å²) in [6.45, 7) is 1.20. The van der Waals surface area contributed by atoms with Crippen LogP contribution in [-0.4, -0.2) is 60.2 Å². The lowest BCUT2D eigenvalue weighted by atomic mass is 9.96. The number of amidine groups is 1. The maximum Gasteiger partial charge on any atom is 0.266 e. The highest BCUT2D eigenvalue weighted by Crippen LogP contribution is 2.26. The molecule has 162 valence electrons. The Labute approximate surface area is 173 Å². The molecule has 0 saturated carbocycles. The molecule has 0 spiro atoms. The van der Waals surface area contributed by atoms with Gasteiger partial charge < -0.3 is 20.7 Å². The number of amides is 1. The summed E-state index contributed by atoms with van der Waals surface area (Å²) in [4.78, 5) is 12.2. The molecule has 1 fully saturated rings. The molecule has 2 aromatic rings. The van der Waals surface area contributed by atoms with Gasteiger partial charge in [-0.2, -0.15) is 0 Å². The molecule has 3 rings (SSSR count). The quantitative estimate of drug-likeness (QED) is 0.200. The van der Waals surface area contributed by atoms with Gasteiger partial charge in [-0.3, -0.25) is 10.2 Å². The first-order valence-electron chi connectivity index (χ1n) is 8.79. The highest BCUT2D eigenvalue weighted by Gasteiger charge is 2.44. The number of hydrogen-bond acceptors (Lipinski definition) is 8. The normalized spacial score (nSPS) is 15.0. The highest BCUT2D eigenvalue weighted by molar-refractivity contribution is 7.99. The predicted molar refractivity (Wildman–Crippen MR) is 102 cm³/mol. The van der Waals surface area contributed by atoms with Crippen LogP contribution >= 0.6 is 11.8 Å². The van der Waals surface area contributed by atoms with Crippen molar-refractivity contribution in [1.29, 1.82) is 5.41 Å². The number of aromatic nitrogens is 2. The second-order valence-electron chi connectivity index (χ2n) is 6.36. The molecule has 4 N–H and O–H groups in total. The van der Waals surface area contributed by atoms with Crippen molar-refractivity contribution in [2.75, 3.05) is 37.8 Å². The van der Waals surface area contributed by atoms with E-state index in [1.165, 1.54) is 24.9 Å². The molecular weight excluding hydrogens is 425 g/mol. The van der Waals surface area contributed by atoms with Gasteiger partial charge in [-0.1, -0.05) is 11.8 Å². The molecule has 9 nitrogen and oxygen atoms in total. The molecule has 0 aliphatic carbocycles. The number of alkyl halides is 2. The Balaban J connectivity index is 1.54. The summed E-state index contributed by atoms with van der Waals surface area (Å²) in [6.07, 6.45) is -2.98. The van der Waals surface area contributed by atoms with Crippen LogP contribution in [0.25, 0.3) is 0 Å². The van der Waals surface area contributed by atoms with Crippen molar-refractivity contribution < 1.29 is 27.3 Å². The van der Waals surface area contributed by atoms with Gasteiger partial charge in [0, 0.05) is 38.2 Å². The number of carbonyl (C=O) groups excluding carboxylic acids is 1. The molecule has 1 aromatic heterocycles. The molecule has 1 amide bonds. The van der Waals surface area contributed by atoms with Crippen LogP contribution < -0.4 is 16.0 Å². The number of ether oxygens (including phenoxy) is 1. The van der Waals surface area contributed by atoms with E-state index in [1.807, 2.05) is 0 Å². The Morgan fingerprint density at radius 3 is 2.83 bits per heavy atom. The van der Waals surface area contributed by atoms with Gasteiger partial charge in [0.2, 0.25) is 0 Å². The molecule has 1 aliphatic rings. The smallest absolute Gasteiger partial charge is 0.266 e. The summed E-state index contributed by atoms with van der Waals surface area (Å²) in [7, 11) is 1.48. The number of methoxy groups -OCH3 is 1. The Morgan fingerprint density at radius 1 is 1.43 bits per heavy atom. The van der Waals surface area contributed by atoms with Crippen LogP contribution in [0.15, 0.2) is 27.9 Å². The standard InChI is InChI=1S/C17H19F3N6O3S/c1-28-17(7-22-8-17)16(27)23-4-5-30-15-12(25-29-26-15)14(21)24-9-2-3-11(18)10(6-9)13(19)20/h2-3,6,13,22H,4-5,7-8H2,1H3,(H2,21,24)(H,23,27). The fourth-order valence-electron chi connectivity index (χ4n) is 2.64. The number of halogens is 3. The molecule has 13 heteroatoms. The van der Waals surface area contributed by atoms with Crippen molar-refractivity contribution in [3.05, 3.63) is 35.3 Å². The lowest BCUT2D eigenvalue weighted by Crippen LogP contribution is -2.68. The molecule has 0 atom stereocenters. The molecule has 30 heavy (non-hydrogen) atoms. The number of benzene rings is 1. The monoisotopic (exact) mass is 444 g/mol. The Hall–Kier alpha value is -2.64. The number of rotatable bonds is 9. The van der Waals surface area contributed by atoms with Crippen LogP contribution in [-0.2, 0) is 9.53 Å². The average molecular weight is 444 g/mol. The first-order chi connectivity index (χ1) is 14.4. The summed E-state index contributed by atoms with van der Waals surface area (Å²) < 4.78 is 49.0. The van der Waals surface area contributed by atoms with Crippen molar-refractivity contribution in [2.24, 2.45) is 0 Å². The van der Waals surface area contributed by atoms with Gasteiger partial charge >= 0.3 is 0 Å². The van der Waals surface area contributed by atoms with Crippen LogP contribution in [0, 0.1) is 11.2 Å². The SMILES string of the molecule is COC1(C(=O)NCCSc2nonc2C(=N)Nc2ccc(F)c(C(F)F)c2)CNC1. The Kier molecular flexibility index (Phi) is 6.95. The molecule has 1 aromatic carbocycles. The summed E-state index contributed by atoms with van der Waals surface area (Å²) in [6, 6.07) is 3.04. The van der Waals surface area contributed by atoms with Crippen LogP contribution in [0.1, 0.15) is 17.7 Å². The van der Waals surface area contributed by atoms with Crippen molar-refractivity contribution in [3.63, 3.8) is 0 Å². The number of nitrogens with zero attached hydrogens (tertiary/aromatic N) is 2. The number of anilines is 1. The summed E-state index contributed by atoms with van der Waals surface area (Å²) >= 11 is 1.19. The van der Waals surface area contributed by atoms with E-state index in [1.54, 1.807) is 0 Å². The topological polar surface area (TPSA) is 125 Å². The number of thioether (sulfide) groups is 1. The first kappa shape index (κ1) is 22.1. The van der Waals surface area contributed by atoms with Crippen LogP contribution in [0.5, 0.6) is 0 Å². The van der Waals surface area contributed by atoms with Crippen molar-refractivity contribution in [2.45, 2.75) is 17.1 Å². The van der Waals surface area contributed by atoms with E-state index < -0.39 is 23.4 Å². The molecular formula is C17H19F3N6O3S. The molecule has 0 bridgehead atoms. The van der Waals surface area contributed by atoms with Gasteiger partial charge in [-0.05, 0) is 28.5 Å². The van der Waals surface area contributed by atoms with Gasteiger partial charge in [0.25, 0.3) is 12.3 Å². The minimum absolute atomic E-state index is 0.0609. The zero-order valence-electron chi connectivity index (χ0n) is 15.8. The van der Waals surface area contributed by atoms with E-state index >= 15 is 0 Å². The van der Waals surface area contributed by atoms with E-state index in [0.29, 0.717) is 25.4 Å². The summed E-state index contributed by atoms with van der Waals surface area (Å²) in [5.74, 6) is -1.09. The molecule has 1 aliphatic heterocycles. The maximum absolute atomic E-state index is 13.4.